The normalized spacial score (nSPS) is 21.1. The van der Waals surface area contributed by atoms with Crippen LogP contribution in [0.25, 0.3) is 21.3 Å². The van der Waals surface area contributed by atoms with Gasteiger partial charge in [0, 0.05) is 17.0 Å². The Hall–Kier alpha value is -2.01. The lowest BCUT2D eigenvalue weighted by Crippen LogP contribution is -2.30. The molecule has 24 heavy (non-hydrogen) atoms. The zero-order chi connectivity index (χ0) is 16.5. The van der Waals surface area contributed by atoms with Gasteiger partial charge in [0.25, 0.3) is 0 Å². The minimum atomic E-state index is -0.219. The van der Waals surface area contributed by atoms with Gasteiger partial charge in [0.1, 0.15) is 22.8 Å². The number of nitrogens with one attached hydrogen (secondary N) is 1. The molecular formula is C19H20FN3S. The van der Waals surface area contributed by atoms with Crippen LogP contribution in [0, 0.1) is 11.7 Å². The summed E-state index contributed by atoms with van der Waals surface area (Å²) in [6.07, 6.45) is 6.66. The topological polar surface area (TPSA) is 37.8 Å². The van der Waals surface area contributed by atoms with Crippen LogP contribution in [0.15, 0.2) is 36.0 Å². The predicted octanol–water partition coefficient (Wildman–Crippen LogP) is 5.49. The van der Waals surface area contributed by atoms with E-state index >= 15 is 0 Å². The summed E-state index contributed by atoms with van der Waals surface area (Å²) in [7, 11) is 0. The molecule has 1 saturated carbocycles. The first-order valence-corrected chi connectivity index (χ1v) is 9.35. The molecule has 3 aromatic rings. The maximum Gasteiger partial charge on any atom is 0.139 e. The molecule has 4 rings (SSSR count). The Balaban J connectivity index is 1.75. The van der Waals surface area contributed by atoms with Gasteiger partial charge in [0.05, 0.1) is 5.39 Å². The van der Waals surface area contributed by atoms with Crippen LogP contribution in [0.4, 0.5) is 10.2 Å². The smallest absolute Gasteiger partial charge is 0.139 e. The Bertz CT molecular complexity index is 843. The van der Waals surface area contributed by atoms with E-state index in [0.717, 1.165) is 27.2 Å². The van der Waals surface area contributed by atoms with Gasteiger partial charge in [-0.15, -0.1) is 11.3 Å². The first-order chi connectivity index (χ1) is 11.7. The molecule has 3 nitrogen and oxygen atoms in total. The van der Waals surface area contributed by atoms with Crippen LogP contribution < -0.4 is 5.32 Å². The van der Waals surface area contributed by atoms with Crippen LogP contribution in [0.5, 0.6) is 0 Å². The Morgan fingerprint density at radius 3 is 2.71 bits per heavy atom. The van der Waals surface area contributed by atoms with E-state index in [0.29, 0.717) is 12.0 Å². The Morgan fingerprint density at radius 2 is 1.92 bits per heavy atom. The molecule has 1 aliphatic carbocycles. The summed E-state index contributed by atoms with van der Waals surface area (Å²) >= 11 is 1.61. The molecular weight excluding hydrogens is 321 g/mol. The highest BCUT2D eigenvalue weighted by Crippen LogP contribution is 2.37. The second-order valence-corrected chi connectivity index (χ2v) is 7.43. The van der Waals surface area contributed by atoms with Gasteiger partial charge in [-0.05, 0) is 36.5 Å². The monoisotopic (exact) mass is 341 g/mol. The van der Waals surface area contributed by atoms with Crippen molar-refractivity contribution in [3.8, 4) is 11.1 Å². The maximum absolute atomic E-state index is 13.2. The third-order valence-electron chi connectivity index (χ3n) is 4.96. The molecule has 2 heterocycles. The van der Waals surface area contributed by atoms with Crippen LogP contribution >= 0.6 is 11.3 Å². The zero-order valence-corrected chi connectivity index (χ0v) is 14.4. The molecule has 0 radical (unpaired) electrons. The first-order valence-electron chi connectivity index (χ1n) is 8.47. The minimum absolute atomic E-state index is 0.219. The molecule has 0 spiro atoms. The van der Waals surface area contributed by atoms with Gasteiger partial charge in [-0.3, -0.25) is 0 Å². The number of hydrogen-bond acceptors (Lipinski definition) is 4. The highest BCUT2D eigenvalue weighted by molar-refractivity contribution is 7.17. The number of thiophene rings is 1. The summed E-state index contributed by atoms with van der Waals surface area (Å²) in [5, 5.41) is 6.80. The zero-order valence-electron chi connectivity index (χ0n) is 13.6. The molecule has 0 aliphatic heterocycles. The number of halogens is 1. The van der Waals surface area contributed by atoms with E-state index in [1.807, 2.05) is 12.1 Å². The summed E-state index contributed by atoms with van der Waals surface area (Å²) in [6, 6.07) is 7.09. The molecule has 5 heteroatoms. The van der Waals surface area contributed by atoms with Gasteiger partial charge in [0.15, 0.2) is 0 Å². The van der Waals surface area contributed by atoms with Crippen molar-refractivity contribution in [3.63, 3.8) is 0 Å². The van der Waals surface area contributed by atoms with Crippen molar-refractivity contribution in [2.75, 3.05) is 5.32 Å². The highest BCUT2D eigenvalue weighted by Gasteiger charge is 2.23. The summed E-state index contributed by atoms with van der Waals surface area (Å²) in [6.45, 7) is 2.31. The second kappa shape index (κ2) is 6.48. The van der Waals surface area contributed by atoms with Crippen molar-refractivity contribution >= 4 is 27.4 Å². The lowest BCUT2D eigenvalue weighted by atomic mass is 9.86. The third kappa shape index (κ3) is 2.88. The van der Waals surface area contributed by atoms with E-state index in [1.165, 1.54) is 37.8 Å². The average Bonchev–Trinajstić information content (AvgIpc) is 3.03. The second-order valence-electron chi connectivity index (χ2n) is 6.57. The van der Waals surface area contributed by atoms with Crippen molar-refractivity contribution in [3.05, 3.63) is 41.8 Å². The van der Waals surface area contributed by atoms with Gasteiger partial charge >= 0.3 is 0 Å². The van der Waals surface area contributed by atoms with Crippen molar-refractivity contribution < 1.29 is 4.39 Å². The fraction of sp³-hybridized carbons (Fsp3) is 0.368. The minimum Gasteiger partial charge on any atom is -0.366 e. The number of benzene rings is 1. The molecule has 2 unspecified atom stereocenters. The van der Waals surface area contributed by atoms with Crippen LogP contribution in [-0.4, -0.2) is 16.0 Å². The third-order valence-corrected chi connectivity index (χ3v) is 5.85. The van der Waals surface area contributed by atoms with Gasteiger partial charge in [-0.1, -0.05) is 31.9 Å². The van der Waals surface area contributed by atoms with Crippen molar-refractivity contribution in [1.29, 1.82) is 0 Å². The van der Waals surface area contributed by atoms with Gasteiger partial charge < -0.3 is 5.32 Å². The molecule has 1 aliphatic rings. The Kier molecular flexibility index (Phi) is 4.19. The van der Waals surface area contributed by atoms with E-state index in [4.69, 9.17) is 0 Å². The fourth-order valence-electron chi connectivity index (χ4n) is 3.53. The summed E-state index contributed by atoms with van der Waals surface area (Å²) < 4.78 is 13.2. The van der Waals surface area contributed by atoms with Crippen LogP contribution in [0.2, 0.25) is 0 Å². The Labute approximate surface area is 145 Å². The molecule has 2 atom stereocenters. The molecule has 0 bridgehead atoms. The molecule has 1 aromatic carbocycles. The number of rotatable bonds is 3. The van der Waals surface area contributed by atoms with Crippen molar-refractivity contribution in [2.45, 2.75) is 38.6 Å². The Morgan fingerprint density at radius 1 is 1.12 bits per heavy atom. The van der Waals surface area contributed by atoms with Gasteiger partial charge in [0.2, 0.25) is 0 Å². The van der Waals surface area contributed by atoms with E-state index in [-0.39, 0.29) is 5.82 Å². The quantitative estimate of drug-likeness (QED) is 0.684. The van der Waals surface area contributed by atoms with Gasteiger partial charge in [-0.25, -0.2) is 14.4 Å². The van der Waals surface area contributed by atoms with E-state index in [2.05, 4.69) is 27.6 Å². The summed E-state index contributed by atoms with van der Waals surface area (Å²) in [4.78, 5) is 9.90. The largest absolute Gasteiger partial charge is 0.366 e. The summed E-state index contributed by atoms with van der Waals surface area (Å²) in [5.74, 6) is 1.33. The van der Waals surface area contributed by atoms with E-state index < -0.39 is 0 Å². The predicted molar refractivity (Wildman–Crippen MR) is 97.9 cm³/mol. The SMILES string of the molecule is CC1CCCCC1Nc1ncnc2scc(-c3ccc(F)cc3)c12. The molecule has 1 fully saturated rings. The first kappa shape index (κ1) is 15.5. The standard InChI is InChI=1S/C19H20FN3S/c1-12-4-2-3-5-16(12)23-18-17-15(10-24-19(17)22-11-21-18)13-6-8-14(20)9-7-13/h6-12,16H,2-5H2,1H3,(H,21,22,23). The van der Waals surface area contributed by atoms with Gasteiger partial charge in [-0.2, -0.15) is 0 Å². The van der Waals surface area contributed by atoms with Crippen molar-refractivity contribution in [1.82, 2.24) is 9.97 Å². The number of fused-ring (bicyclic) bond motifs is 1. The van der Waals surface area contributed by atoms with Crippen LogP contribution in [0.1, 0.15) is 32.6 Å². The molecule has 0 amide bonds. The maximum atomic E-state index is 13.2. The number of hydrogen-bond donors (Lipinski definition) is 1. The van der Waals surface area contributed by atoms with E-state index in [1.54, 1.807) is 17.7 Å². The average molecular weight is 341 g/mol. The van der Waals surface area contributed by atoms with Crippen LogP contribution in [-0.2, 0) is 0 Å². The number of anilines is 1. The number of aromatic nitrogens is 2. The molecule has 0 saturated heterocycles. The number of nitrogens with zero attached hydrogens (tertiary/aromatic N) is 2. The lowest BCUT2D eigenvalue weighted by molar-refractivity contribution is 0.349. The van der Waals surface area contributed by atoms with Crippen molar-refractivity contribution in [2.24, 2.45) is 5.92 Å². The summed E-state index contributed by atoms with van der Waals surface area (Å²) in [5.41, 5.74) is 2.07. The fourth-order valence-corrected chi connectivity index (χ4v) is 4.45. The lowest BCUT2D eigenvalue weighted by Gasteiger charge is -2.30. The van der Waals surface area contributed by atoms with Crippen LogP contribution in [0.3, 0.4) is 0 Å². The molecule has 124 valence electrons. The highest BCUT2D eigenvalue weighted by atomic mass is 32.1. The van der Waals surface area contributed by atoms with E-state index in [9.17, 15) is 4.39 Å². The molecule has 1 N–H and O–H groups in total. The molecule has 2 aromatic heterocycles.